The average molecular weight is 332 g/mol. The van der Waals surface area contributed by atoms with Gasteiger partial charge >= 0.3 is 5.97 Å². The second kappa shape index (κ2) is 11.2. The highest BCUT2D eigenvalue weighted by molar-refractivity contribution is 5.89. The molecule has 0 heterocycles. The monoisotopic (exact) mass is 332 g/mol. The minimum Gasteiger partial charge on any atom is -0.465 e. The maximum Gasteiger partial charge on any atom is 0.337 e. The Morgan fingerprint density at radius 3 is 2.67 bits per heavy atom. The van der Waals surface area contributed by atoms with E-state index in [1.165, 1.54) is 57.6 Å². The van der Waals surface area contributed by atoms with E-state index in [-0.39, 0.29) is 5.97 Å². The van der Waals surface area contributed by atoms with Gasteiger partial charge in [-0.05, 0) is 55.7 Å². The fourth-order valence-electron chi connectivity index (χ4n) is 3.46. The van der Waals surface area contributed by atoms with Gasteiger partial charge in [-0.2, -0.15) is 0 Å². The number of benzene rings is 1. The molecule has 0 saturated heterocycles. The van der Waals surface area contributed by atoms with E-state index in [0.29, 0.717) is 5.56 Å². The summed E-state index contributed by atoms with van der Waals surface area (Å²) >= 11 is 0. The number of rotatable bonds is 10. The van der Waals surface area contributed by atoms with Crippen molar-refractivity contribution in [3.05, 3.63) is 35.4 Å². The number of esters is 1. The third-order valence-corrected chi connectivity index (χ3v) is 4.93. The SMILES string of the molecule is COC(=O)c1cccc(CCCCCCOCC2CCCCC2)c1. The van der Waals surface area contributed by atoms with Crippen LogP contribution >= 0.6 is 0 Å². The Morgan fingerprint density at radius 2 is 1.88 bits per heavy atom. The summed E-state index contributed by atoms with van der Waals surface area (Å²) in [6.07, 6.45) is 12.7. The van der Waals surface area contributed by atoms with Crippen LogP contribution in [-0.2, 0) is 15.9 Å². The standard InChI is InChI=1S/C21H32O3/c1-23-21(22)20-14-9-13-18(16-20)10-5-2-3-8-15-24-17-19-11-6-4-7-12-19/h9,13-14,16,19H,2-8,10-12,15,17H2,1H3. The van der Waals surface area contributed by atoms with Crippen LogP contribution in [-0.4, -0.2) is 26.3 Å². The largest absolute Gasteiger partial charge is 0.465 e. The summed E-state index contributed by atoms with van der Waals surface area (Å²) in [5, 5.41) is 0. The van der Waals surface area contributed by atoms with E-state index in [1.807, 2.05) is 12.1 Å². The van der Waals surface area contributed by atoms with Crippen molar-refractivity contribution in [3.8, 4) is 0 Å². The van der Waals surface area contributed by atoms with E-state index in [9.17, 15) is 4.79 Å². The zero-order valence-corrected chi connectivity index (χ0v) is 15.1. The minimum absolute atomic E-state index is 0.257. The van der Waals surface area contributed by atoms with Crippen molar-refractivity contribution in [2.45, 2.75) is 64.2 Å². The number of aryl methyl sites for hydroxylation is 1. The first-order chi connectivity index (χ1) is 11.8. The maximum absolute atomic E-state index is 11.5. The number of carbonyl (C=O) groups is 1. The van der Waals surface area contributed by atoms with Crippen LogP contribution in [0.3, 0.4) is 0 Å². The molecule has 0 N–H and O–H groups in total. The van der Waals surface area contributed by atoms with E-state index >= 15 is 0 Å². The molecule has 134 valence electrons. The second-order valence-corrected chi connectivity index (χ2v) is 6.94. The Labute approximate surface area is 146 Å². The third-order valence-electron chi connectivity index (χ3n) is 4.93. The fourth-order valence-corrected chi connectivity index (χ4v) is 3.46. The summed E-state index contributed by atoms with van der Waals surface area (Å²) in [6.45, 7) is 1.88. The smallest absolute Gasteiger partial charge is 0.337 e. The quantitative estimate of drug-likeness (QED) is 0.438. The molecule has 1 saturated carbocycles. The molecule has 1 aromatic carbocycles. The Bertz CT molecular complexity index is 478. The van der Waals surface area contributed by atoms with Gasteiger partial charge < -0.3 is 9.47 Å². The van der Waals surface area contributed by atoms with Gasteiger partial charge in [-0.3, -0.25) is 0 Å². The normalized spacial score (nSPS) is 15.4. The van der Waals surface area contributed by atoms with Gasteiger partial charge in [0.2, 0.25) is 0 Å². The molecule has 0 spiro atoms. The van der Waals surface area contributed by atoms with Gasteiger partial charge in [0.25, 0.3) is 0 Å². The highest BCUT2D eigenvalue weighted by Gasteiger charge is 2.12. The van der Waals surface area contributed by atoms with Gasteiger partial charge in [0, 0.05) is 13.2 Å². The first-order valence-electron chi connectivity index (χ1n) is 9.54. The molecule has 0 aromatic heterocycles. The first kappa shape index (κ1) is 19.0. The molecule has 1 aliphatic carbocycles. The third kappa shape index (κ3) is 7.04. The topological polar surface area (TPSA) is 35.5 Å². The fraction of sp³-hybridized carbons (Fsp3) is 0.667. The maximum atomic E-state index is 11.5. The molecule has 0 radical (unpaired) electrons. The Hall–Kier alpha value is -1.35. The van der Waals surface area contributed by atoms with E-state index in [1.54, 1.807) is 6.07 Å². The molecule has 1 aromatic rings. The Kier molecular flexibility index (Phi) is 8.90. The lowest BCUT2D eigenvalue weighted by Crippen LogP contribution is -2.13. The summed E-state index contributed by atoms with van der Waals surface area (Å²) < 4.78 is 10.6. The van der Waals surface area contributed by atoms with Crippen LogP contribution in [0, 0.1) is 5.92 Å². The lowest BCUT2D eigenvalue weighted by atomic mass is 9.90. The second-order valence-electron chi connectivity index (χ2n) is 6.94. The van der Waals surface area contributed by atoms with Gasteiger partial charge in [-0.1, -0.05) is 44.2 Å². The number of ether oxygens (including phenoxy) is 2. The Morgan fingerprint density at radius 1 is 1.08 bits per heavy atom. The number of hydrogen-bond acceptors (Lipinski definition) is 3. The van der Waals surface area contributed by atoms with Crippen LogP contribution in [0.1, 0.15) is 73.7 Å². The lowest BCUT2D eigenvalue weighted by molar-refractivity contribution is 0.0600. The number of methoxy groups -OCH3 is 1. The molecule has 0 atom stereocenters. The minimum atomic E-state index is -0.257. The molecular weight excluding hydrogens is 300 g/mol. The summed E-state index contributed by atoms with van der Waals surface area (Å²) in [7, 11) is 1.42. The predicted molar refractivity (Wildman–Crippen MR) is 97.3 cm³/mol. The van der Waals surface area contributed by atoms with Gasteiger partial charge in [-0.25, -0.2) is 4.79 Å². The molecule has 24 heavy (non-hydrogen) atoms. The zero-order valence-electron chi connectivity index (χ0n) is 15.1. The van der Waals surface area contributed by atoms with E-state index in [4.69, 9.17) is 9.47 Å². The highest BCUT2D eigenvalue weighted by Crippen LogP contribution is 2.23. The van der Waals surface area contributed by atoms with Crippen molar-refractivity contribution < 1.29 is 14.3 Å². The molecular formula is C21H32O3. The Balaban J connectivity index is 1.50. The summed E-state index contributed by atoms with van der Waals surface area (Å²) in [4.78, 5) is 11.5. The van der Waals surface area contributed by atoms with Crippen LogP contribution in [0.4, 0.5) is 0 Å². The molecule has 3 nitrogen and oxygen atoms in total. The van der Waals surface area contributed by atoms with Crippen molar-refractivity contribution in [1.82, 2.24) is 0 Å². The number of hydrogen-bond donors (Lipinski definition) is 0. The van der Waals surface area contributed by atoms with Crippen molar-refractivity contribution in [2.75, 3.05) is 20.3 Å². The molecule has 0 unspecified atom stereocenters. The van der Waals surface area contributed by atoms with Crippen LogP contribution in [0.15, 0.2) is 24.3 Å². The van der Waals surface area contributed by atoms with Gasteiger partial charge in [0.1, 0.15) is 0 Å². The molecule has 2 rings (SSSR count). The van der Waals surface area contributed by atoms with Crippen molar-refractivity contribution >= 4 is 5.97 Å². The van der Waals surface area contributed by atoms with Crippen molar-refractivity contribution in [1.29, 1.82) is 0 Å². The summed E-state index contributed by atoms with van der Waals surface area (Å²) in [5.74, 6) is 0.563. The van der Waals surface area contributed by atoms with Crippen LogP contribution in [0.25, 0.3) is 0 Å². The lowest BCUT2D eigenvalue weighted by Gasteiger charge is -2.21. The first-order valence-corrected chi connectivity index (χ1v) is 9.54. The predicted octanol–water partition coefficient (Wildman–Crippen LogP) is 5.17. The number of carbonyl (C=O) groups excluding carboxylic acids is 1. The molecule has 1 aliphatic rings. The zero-order chi connectivity index (χ0) is 17.0. The number of unbranched alkanes of at least 4 members (excludes halogenated alkanes) is 3. The van der Waals surface area contributed by atoms with E-state index < -0.39 is 0 Å². The molecule has 0 bridgehead atoms. The van der Waals surface area contributed by atoms with Crippen molar-refractivity contribution in [2.24, 2.45) is 5.92 Å². The summed E-state index contributed by atoms with van der Waals surface area (Å²) in [6, 6.07) is 7.76. The average Bonchev–Trinajstić information content (AvgIpc) is 2.64. The van der Waals surface area contributed by atoms with Gasteiger partial charge in [-0.15, -0.1) is 0 Å². The molecule has 0 aliphatic heterocycles. The molecule has 1 fully saturated rings. The van der Waals surface area contributed by atoms with Crippen LogP contribution < -0.4 is 0 Å². The highest BCUT2D eigenvalue weighted by atomic mass is 16.5. The van der Waals surface area contributed by atoms with Crippen LogP contribution in [0.5, 0.6) is 0 Å². The van der Waals surface area contributed by atoms with E-state index in [0.717, 1.165) is 38.4 Å². The summed E-state index contributed by atoms with van der Waals surface area (Å²) in [5.41, 5.74) is 1.86. The van der Waals surface area contributed by atoms with Crippen LogP contribution in [0.2, 0.25) is 0 Å². The molecule has 3 heteroatoms. The van der Waals surface area contributed by atoms with Crippen molar-refractivity contribution in [3.63, 3.8) is 0 Å². The van der Waals surface area contributed by atoms with E-state index in [2.05, 4.69) is 6.07 Å². The van der Waals surface area contributed by atoms with Gasteiger partial charge in [0.15, 0.2) is 0 Å². The van der Waals surface area contributed by atoms with Gasteiger partial charge in [0.05, 0.1) is 12.7 Å². The molecule has 0 amide bonds.